The lowest BCUT2D eigenvalue weighted by Crippen LogP contribution is -2.33. The van der Waals surface area contributed by atoms with E-state index in [0.717, 1.165) is 23.1 Å². The van der Waals surface area contributed by atoms with E-state index in [9.17, 15) is 0 Å². The third kappa shape index (κ3) is 4.86. The van der Waals surface area contributed by atoms with Crippen LogP contribution in [-0.2, 0) is 0 Å². The van der Waals surface area contributed by atoms with E-state index >= 15 is 0 Å². The van der Waals surface area contributed by atoms with Gasteiger partial charge in [-0.05, 0) is 50.1 Å². The van der Waals surface area contributed by atoms with Crippen LogP contribution in [0.1, 0.15) is 40.0 Å². The molecule has 2 unspecified atom stereocenters. The smallest absolute Gasteiger partial charge is 0.00743 e. The van der Waals surface area contributed by atoms with E-state index in [0.29, 0.717) is 0 Å². The number of hydrogen-bond donors (Lipinski definition) is 0. The quantitative estimate of drug-likeness (QED) is 0.706. The fourth-order valence-electron chi connectivity index (χ4n) is 2.27. The van der Waals surface area contributed by atoms with Gasteiger partial charge >= 0.3 is 0 Å². The Morgan fingerprint density at radius 3 is 2.60 bits per heavy atom. The van der Waals surface area contributed by atoms with Crippen LogP contribution in [0.3, 0.4) is 0 Å². The summed E-state index contributed by atoms with van der Waals surface area (Å²) < 4.78 is 0. The minimum absolute atomic E-state index is 0.796. The molecular formula is C13H26BrN. The Morgan fingerprint density at radius 1 is 1.27 bits per heavy atom. The molecule has 1 nitrogen and oxygen atoms in total. The topological polar surface area (TPSA) is 3.24 Å². The fourth-order valence-corrected chi connectivity index (χ4v) is 3.23. The Bertz CT molecular complexity index is 170. The first-order valence-corrected chi connectivity index (χ1v) is 7.54. The van der Waals surface area contributed by atoms with Crippen molar-refractivity contribution in [2.24, 2.45) is 17.8 Å². The van der Waals surface area contributed by atoms with Crippen molar-refractivity contribution in [2.75, 3.05) is 25.0 Å². The van der Waals surface area contributed by atoms with Crippen LogP contribution in [0.2, 0.25) is 0 Å². The largest absolute Gasteiger partial charge is 0.303 e. The predicted octanol–water partition coefficient (Wildman–Crippen LogP) is 3.78. The molecule has 1 aliphatic heterocycles. The van der Waals surface area contributed by atoms with E-state index in [1.165, 1.54) is 38.9 Å². The molecule has 0 aromatic heterocycles. The average Bonchev–Trinajstić information content (AvgIpc) is 2.39. The summed E-state index contributed by atoms with van der Waals surface area (Å²) >= 11 is 3.65. The molecule has 0 bridgehead atoms. The molecule has 2 heteroatoms. The van der Waals surface area contributed by atoms with Gasteiger partial charge in [-0.2, -0.15) is 0 Å². The van der Waals surface area contributed by atoms with Crippen molar-refractivity contribution in [1.29, 1.82) is 0 Å². The van der Waals surface area contributed by atoms with E-state index < -0.39 is 0 Å². The van der Waals surface area contributed by atoms with Crippen LogP contribution in [0.5, 0.6) is 0 Å². The standard InChI is InChI=1S/C13H26BrN/c1-11(2)13(9-14)10-15-7-4-5-12(3)6-8-15/h11-13H,4-10H2,1-3H3. The normalized spacial score (nSPS) is 26.6. The first-order valence-electron chi connectivity index (χ1n) is 6.41. The highest BCUT2D eigenvalue weighted by Crippen LogP contribution is 2.20. The molecule has 0 aliphatic carbocycles. The lowest BCUT2D eigenvalue weighted by molar-refractivity contribution is 0.219. The molecule has 1 fully saturated rings. The second kappa shape index (κ2) is 6.90. The van der Waals surface area contributed by atoms with E-state index in [-0.39, 0.29) is 0 Å². The van der Waals surface area contributed by atoms with Crippen molar-refractivity contribution in [3.05, 3.63) is 0 Å². The molecule has 0 aromatic carbocycles. The van der Waals surface area contributed by atoms with Crippen molar-refractivity contribution >= 4 is 15.9 Å². The molecule has 1 heterocycles. The molecule has 0 radical (unpaired) electrons. The van der Waals surface area contributed by atoms with Crippen molar-refractivity contribution in [2.45, 2.75) is 40.0 Å². The van der Waals surface area contributed by atoms with Crippen LogP contribution in [0.15, 0.2) is 0 Å². The highest BCUT2D eigenvalue weighted by Gasteiger charge is 2.19. The first kappa shape index (κ1) is 13.5. The van der Waals surface area contributed by atoms with Crippen LogP contribution in [0.4, 0.5) is 0 Å². The number of nitrogens with zero attached hydrogens (tertiary/aromatic N) is 1. The maximum Gasteiger partial charge on any atom is 0.00743 e. The molecule has 0 aromatic rings. The van der Waals surface area contributed by atoms with E-state index in [1.54, 1.807) is 0 Å². The van der Waals surface area contributed by atoms with Crippen LogP contribution in [0.25, 0.3) is 0 Å². The molecule has 90 valence electrons. The maximum absolute atomic E-state index is 3.65. The Kier molecular flexibility index (Phi) is 6.21. The molecule has 0 spiro atoms. The monoisotopic (exact) mass is 275 g/mol. The van der Waals surface area contributed by atoms with Gasteiger partial charge in [0.25, 0.3) is 0 Å². The summed E-state index contributed by atoms with van der Waals surface area (Å²) in [6.07, 6.45) is 4.22. The number of likely N-dealkylation sites (tertiary alicyclic amines) is 1. The minimum Gasteiger partial charge on any atom is -0.303 e. The molecule has 0 N–H and O–H groups in total. The van der Waals surface area contributed by atoms with Gasteiger partial charge in [0.05, 0.1) is 0 Å². The molecular weight excluding hydrogens is 250 g/mol. The summed E-state index contributed by atoms with van der Waals surface area (Å²) in [6, 6.07) is 0. The Labute approximate surface area is 104 Å². The summed E-state index contributed by atoms with van der Waals surface area (Å²) in [7, 11) is 0. The van der Waals surface area contributed by atoms with Crippen molar-refractivity contribution in [3.63, 3.8) is 0 Å². The van der Waals surface area contributed by atoms with Gasteiger partial charge in [0.2, 0.25) is 0 Å². The van der Waals surface area contributed by atoms with Gasteiger partial charge in [0, 0.05) is 11.9 Å². The summed E-state index contributed by atoms with van der Waals surface area (Å²) in [4.78, 5) is 2.68. The highest BCUT2D eigenvalue weighted by molar-refractivity contribution is 9.09. The number of alkyl halides is 1. The van der Waals surface area contributed by atoms with Crippen LogP contribution in [-0.4, -0.2) is 29.9 Å². The fraction of sp³-hybridized carbons (Fsp3) is 1.00. The Hall–Kier alpha value is 0.440. The second-order valence-corrected chi connectivity index (χ2v) is 6.14. The van der Waals surface area contributed by atoms with Crippen LogP contribution < -0.4 is 0 Å². The molecule has 15 heavy (non-hydrogen) atoms. The molecule has 1 saturated heterocycles. The van der Waals surface area contributed by atoms with Crippen molar-refractivity contribution in [3.8, 4) is 0 Å². The Morgan fingerprint density at radius 2 is 2.00 bits per heavy atom. The van der Waals surface area contributed by atoms with Crippen LogP contribution in [0, 0.1) is 17.8 Å². The zero-order chi connectivity index (χ0) is 11.3. The minimum atomic E-state index is 0.796. The first-order chi connectivity index (χ1) is 7.13. The van der Waals surface area contributed by atoms with Gasteiger partial charge in [-0.1, -0.05) is 36.7 Å². The van der Waals surface area contributed by atoms with E-state index in [1.807, 2.05) is 0 Å². The molecule has 0 amide bonds. The number of hydrogen-bond acceptors (Lipinski definition) is 1. The van der Waals surface area contributed by atoms with Gasteiger partial charge in [0.15, 0.2) is 0 Å². The van der Waals surface area contributed by atoms with E-state index in [2.05, 4.69) is 41.6 Å². The number of halogens is 1. The SMILES string of the molecule is CC1CCCN(CC(CBr)C(C)C)CC1. The van der Waals surface area contributed by atoms with Gasteiger partial charge in [-0.15, -0.1) is 0 Å². The van der Waals surface area contributed by atoms with E-state index in [4.69, 9.17) is 0 Å². The van der Waals surface area contributed by atoms with Gasteiger partial charge < -0.3 is 4.90 Å². The molecule has 2 atom stereocenters. The predicted molar refractivity (Wildman–Crippen MR) is 71.6 cm³/mol. The van der Waals surface area contributed by atoms with Gasteiger partial charge in [-0.25, -0.2) is 0 Å². The third-order valence-corrected chi connectivity index (χ3v) is 4.57. The third-order valence-electron chi connectivity index (χ3n) is 3.74. The maximum atomic E-state index is 3.65. The second-order valence-electron chi connectivity index (χ2n) is 5.50. The zero-order valence-electron chi connectivity index (χ0n) is 10.5. The summed E-state index contributed by atoms with van der Waals surface area (Å²) in [5.41, 5.74) is 0. The Balaban J connectivity index is 2.36. The van der Waals surface area contributed by atoms with Gasteiger partial charge in [0.1, 0.15) is 0 Å². The van der Waals surface area contributed by atoms with Crippen LogP contribution >= 0.6 is 15.9 Å². The van der Waals surface area contributed by atoms with Gasteiger partial charge in [-0.3, -0.25) is 0 Å². The van der Waals surface area contributed by atoms with Crippen molar-refractivity contribution < 1.29 is 0 Å². The summed E-state index contributed by atoms with van der Waals surface area (Å²) in [5.74, 6) is 2.56. The molecule has 0 saturated carbocycles. The lowest BCUT2D eigenvalue weighted by Gasteiger charge is -2.27. The summed E-state index contributed by atoms with van der Waals surface area (Å²) in [5, 5.41) is 1.15. The van der Waals surface area contributed by atoms with Crippen molar-refractivity contribution in [1.82, 2.24) is 4.90 Å². The summed E-state index contributed by atoms with van der Waals surface area (Å²) in [6.45, 7) is 11.0. The molecule has 1 rings (SSSR count). The number of rotatable bonds is 4. The molecule has 1 aliphatic rings. The lowest BCUT2D eigenvalue weighted by atomic mass is 9.97. The average molecular weight is 276 g/mol. The highest BCUT2D eigenvalue weighted by atomic mass is 79.9. The zero-order valence-corrected chi connectivity index (χ0v) is 12.1.